The summed E-state index contributed by atoms with van der Waals surface area (Å²) in [6.07, 6.45) is 0. The van der Waals surface area contributed by atoms with E-state index >= 15 is 0 Å². The molecule has 1 aromatic heterocycles. The van der Waals surface area contributed by atoms with Gasteiger partial charge >= 0.3 is 0 Å². The number of anilines is 1. The number of fused-ring (bicyclic) bond motifs is 1. The molecule has 0 fully saturated rings. The summed E-state index contributed by atoms with van der Waals surface area (Å²) in [7, 11) is 0. The van der Waals surface area contributed by atoms with Gasteiger partial charge in [0.2, 0.25) is 0 Å². The van der Waals surface area contributed by atoms with E-state index in [4.69, 9.17) is 18.0 Å². The van der Waals surface area contributed by atoms with E-state index in [0.717, 1.165) is 33.7 Å². The number of aryl methyl sites for hydroxylation is 2. The van der Waals surface area contributed by atoms with E-state index in [1.54, 1.807) is 0 Å². The standard InChI is InChI=1S/C20H18N4S/c1-12-6-8-17-14(10-12)4-3-5-18(17)24-19(22-23-20(24)25)16-9-7-15(21)11-13(16)2/h3-11H,21H2,1-2H3,(H,23,25). The van der Waals surface area contributed by atoms with Gasteiger partial charge in [-0.2, -0.15) is 5.10 Å². The Morgan fingerprint density at radius 2 is 1.88 bits per heavy atom. The van der Waals surface area contributed by atoms with Crippen LogP contribution in [0.15, 0.2) is 54.6 Å². The van der Waals surface area contributed by atoms with Crippen LogP contribution in [0.5, 0.6) is 0 Å². The lowest BCUT2D eigenvalue weighted by Gasteiger charge is -2.12. The number of rotatable bonds is 2. The number of hydrogen-bond acceptors (Lipinski definition) is 3. The zero-order valence-corrected chi connectivity index (χ0v) is 14.9. The summed E-state index contributed by atoms with van der Waals surface area (Å²) in [6, 6.07) is 18.5. The van der Waals surface area contributed by atoms with Gasteiger partial charge < -0.3 is 5.73 Å². The molecule has 3 N–H and O–H groups in total. The molecule has 4 nitrogen and oxygen atoms in total. The van der Waals surface area contributed by atoms with Gasteiger partial charge in [0.1, 0.15) is 0 Å². The summed E-state index contributed by atoms with van der Waals surface area (Å²) in [5.41, 5.74) is 10.9. The highest BCUT2D eigenvalue weighted by Gasteiger charge is 2.15. The Kier molecular flexibility index (Phi) is 3.66. The maximum Gasteiger partial charge on any atom is 0.200 e. The molecule has 0 amide bonds. The Hall–Kier alpha value is -2.92. The van der Waals surface area contributed by atoms with Gasteiger partial charge in [-0.25, -0.2) is 0 Å². The molecule has 0 bridgehead atoms. The van der Waals surface area contributed by atoms with Crippen molar-refractivity contribution in [1.29, 1.82) is 0 Å². The van der Waals surface area contributed by atoms with E-state index in [1.165, 1.54) is 10.9 Å². The molecule has 25 heavy (non-hydrogen) atoms. The highest BCUT2D eigenvalue weighted by atomic mass is 32.1. The second-order valence-corrected chi connectivity index (χ2v) is 6.65. The van der Waals surface area contributed by atoms with E-state index < -0.39 is 0 Å². The van der Waals surface area contributed by atoms with Crippen LogP contribution >= 0.6 is 12.2 Å². The van der Waals surface area contributed by atoms with Crippen molar-refractivity contribution in [3.8, 4) is 17.1 Å². The summed E-state index contributed by atoms with van der Waals surface area (Å²) in [5.74, 6) is 0.788. The molecule has 0 spiro atoms. The van der Waals surface area contributed by atoms with E-state index in [1.807, 2.05) is 35.8 Å². The number of aromatic nitrogens is 3. The number of H-pyrrole nitrogens is 1. The Labute approximate surface area is 150 Å². The summed E-state index contributed by atoms with van der Waals surface area (Å²) >= 11 is 5.53. The lowest BCUT2D eigenvalue weighted by Crippen LogP contribution is -2.00. The fourth-order valence-electron chi connectivity index (χ4n) is 3.22. The van der Waals surface area contributed by atoms with Crippen molar-refractivity contribution in [1.82, 2.24) is 14.8 Å². The number of aromatic amines is 1. The number of nitrogens with two attached hydrogens (primary N) is 1. The number of nitrogens with one attached hydrogen (secondary N) is 1. The second kappa shape index (κ2) is 5.86. The first kappa shape index (κ1) is 15.6. The van der Waals surface area contributed by atoms with E-state index in [9.17, 15) is 0 Å². The van der Waals surface area contributed by atoms with Crippen molar-refractivity contribution in [3.63, 3.8) is 0 Å². The first-order chi connectivity index (χ1) is 12.0. The van der Waals surface area contributed by atoms with Crippen molar-refractivity contribution in [3.05, 3.63) is 70.5 Å². The van der Waals surface area contributed by atoms with Crippen LogP contribution in [0.3, 0.4) is 0 Å². The van der Waals surface area contributed by atoms with Crippen molar-refractivity contribution in [2.24, 2.45) is 0 Å². The number of benzene rings is 3. The minimum absolute atomic E-state index is 0.569. The fraction of sp³-hybridized carbons (Fsp3) is 0.100. The molecule has 0 radical (unpaired) electrons. The topological polar surface area (TPSA) is 59.6 Å². The molecule has 4 aromatic rings. The third-order valence-corrected chi connectivity index (χ3v) is 4.69. The highest BCUT2D eigenvalue weighted by molar-refractivity contribution is 7.71. The first-order valence-corrected chi connectivity index (χ1v) is 8.49. The van der Waals surface area contributed by atoms with Crippen LogP contribution in [-0.4, -0.2) is 14.8 Å². The number of nitrogens with zero attached hydrogens (tertiary/aromatic N) is 2. The fourth-order valence-corrected chi connectivity index (χ4v) is 3.45. The van der Waals surface area contributed by atoms with Crippen LogP contribution in [-0.2, 0) is 0 Å². The van der Waals surface area contributed by atoms with Crippen molar-refractivity contribution >= 4 is 28.7 Å². The summed E-state index contributed by atoms with van der Waals surface area (Å²) in [6.45, 7) is 4.12. The van der Waals surface area contributed by atoms with E-state index in [0.29, 0.717) is 4.77 Å². The van der Waals surface area contributed by atoms with Gasteiger partial charge in [0.15, 0.2) is 10.6 Å². The second-order valence-electron chi connectivity index (χ2n) is 6.26. The molecule has 0 aliphatic heterocycles. The molecule has 4 rings (SSSR count). The maximum atomic E-state index is 5.89. The van der Waals surface area contributed by atoms with Crippen LogP contribution in [0.4, 0.5) is 5.69 Å². The van der Waals surface area contributed by atoms with Crippen molar-refractivity contribution in [2.75, 3.05) is 5.73 Å². The van der Waals surface area contributed by atoms with Crippen LogP contribution < -0.4 is 5.73 Å². The van der Waals surface area contributed by atoms with Crippen LogP contribution in [0.2, 0.25) is 0 Å². The lowest BCUT2D eigenvalue weighted by atomic mass is 10.0. The quantitative estimate of drug-likeness (QED) is 0.399. The Bertz CT molecular complexity index is 1150. The van der Waals surface area contributed by atoms with E-state index in [2.05, 4.69) is 47.5 Å². The largest absolute Gasteiger partial charge is 0.399 e. The Morgan fingerprint density at radius 1 is 1.04 bits per heavy atom. The van der Waals surface area contributed by atoms with E-state index in [-0.39, 0.29) is 0 Å². The normalized spacial score (nSPS) is 11.1. The lowest BCUT2D eigenvalue weighted by molar-refractivity contribution is 1.04. The van der Waals surface area contributed by atoms with Gasteiger partial charge in [-0.1, -0.05) is 35.9 Å². The molecule has 0 saturated carbocycles. The average Bonchev–Trinajstić information content (AvgIpc) is 2.95. The molecule has 0 aliphatic carbocycles. The molecule has 3 aromatic carbocycles. The zero-order chi connectivity index (χ0) is 17.6. The zero-order valence-electron chi connectivity index (χ0n) is 14.1. The molecule has 0 atom stereocenters. The van der Waals surface area contributed by atoms with Gasteiger partial charge in [-0.05, 0) is 61.3 Å². The maximum absolute atomic E-state index is 5.89. The molecule has 124 valence electrons. The molecule has 0 saturated heterocycles. The minimum atomic E-state index is 0.569. The number of hydrogen-bond donors (Lipinski definition) is 2. The third kappa shape index (κ3) is 2.62. The van der Waals surface area contributed by atoms with Gasteiger partial charge in [0, 0.05) is 16.6 Å². The smallest absolute Gasteiger partial charge is 0.200 e. The minimum Gasteiger partial charge on any atom is -0.399 e. The van der Waals surface area contributed by atoms with Crippen LogP contribution in [0, 0.1) is 18.6 Å². The molecular formula is C20H18N4S. The summed E-state index contributed by atoms with van der Waals surface area (Å²) in [5, 5.41) is 9.74. The predicted molar refractivity (Wildman–Crippen MR) is 106 cm³/mol. The monoisotopic (exact) mass is 346 g/mol. The SMILES string of the molecule is Cc1ccc2c(-n3c(-c4ccc(N)cc4C)n[nH]c3=S)cccc2c1. The Balaban J connectivity index is 2.02. The van der Waals surface area contributed by atoms with Gasteiger partial charge in [0.25, 0.3) is 0 Å². The molecule has 0 unspecified atom stereocenters. The molecular weight excluding hydrogens is 328 g/mol. The number of nitrogen functional groups attached to an aromatic ring is 1. The first-order valence-electron chi connectivity index (χ1n) is 8.08. The van der Waals surface area contributed by atoms with Crippen molar-refractivity contribution in [2.45, 2.75) is 13.8 Å². The van der Waals surface area contributed by atoms with Gasteiger partial charge in [0.05, 0.1) is 5.69 Å². The van der Waals surface area contributed by atoms with Gasteiger partial charge in [-0.3, -0.25) is 9.67 Å². The average molecular weight is 346 g/mol. The van der Waals surface area contributed by atoms with Crippen LogP contribution in [0.25, 0.3) is 27.8 Å². The molecule has 1 heterocycles. The molecule has 0 aliphatic rings. The predicted octanol–water partition coefficient (Wildman–Crippen LogP) is 4.95. The summed E-state index contributed by atoms with van der Waals surface area (Å²) in [4.78, 5) is 0. The third-order valence-electron chi connectivity index (χ3n) is 4.42. The van der Waals surface area contributed by atoms with Gasteiger partial charge in [-0.15, -0.1) is 0 Å². The summed E-state index contributed by atoms with van der Waals surface area (Å²) < 4.78 is 2.56. The Morgan fingerprint density at radius 3 is 2.68 bits per heavy atom. The van der Waals surface area contributed by atoms with Crippen molar-refractivity contribution < 1.29 is 0 Å². The highest BCUT2D eigenvalue weighted by Crippen LogP contribution is 2.30. The molecule has 5 heteroatoms. The van der Waals surface area contributed by atoms with Crippen LogP contribution in [0.1, 0.15) is 11.1 Å².